The molecule has 1 atom stereocenters. The van der Waals surface area contributed by atoms with Gasteiger partial charge in [0, 0.05) is 12.2 Å². The number of anilines is 1. The Labute approximate surface area is 121 Å². The van der Waals surface area contributed by atoms with Crippen LogP contribution in [0.3, 0.4) is 0 Å². The largest absolute Gasteiger partial charge is 0.481 e. The van der Waals surface area contributed by atoms with E-state index < -0.39 is 23.7 Å². The lowest BCUT2D eigenvalue weighted by atomic mass is 10.1. The number of carbonyl (C=O) groups is 2. The van der Waals surface area contributed by atoms with Crippen LogP contribution in [0.25, 0.3) is 0 Å². The summed E-state index contributed by atoms with van der Waals surface area (Å²) >= 11 is 0. The highest BCUT2D eigenvalue weighted by Crippen LogP contribution is 2.13. The summed E-state index contributed by atoms with van der Waals surface area (Å²) in [7, 11) is 0. The van der Waals surface area contributed by atoms with Crippen LogP contribution in [-0.2, 0) is 4.79 Å². The normalized spacial score (nSPS) is 11.3. The number of hydrogen-bond acceptors (Lipinski definition) is 3. The minimum atomic E-state index is -0.866. The lowest BCUT2D eigenvalue weighted by Gasteiger charge is -2.09. The van der Waals surface area contributed by atoms with Crippen LogP contribution >= 0.6 is 0 Å². The Balaban J connectivity index is 2.38. The van der Waals surface area contributed by atoms with Crippen molar-refractivity contribution < 1.29 is 19.1 Å². The summed E-state index contributed by atoms with van der Waals surface area (Å²) in [5.74, 6) is -1.97. The Morgan fingerprint density at radius 2 is 2.19 bits per heavy atom. The van der Waals surface area contributed by atoms with E-state index in [0.29, 0.717) is 25.1 Å². The van der Waals surface area contributed by atoms with Crippen LogP contribution in [0.4, 0.5) is 14.9 Å². The van der Waals surface area contributed by atoms with E-state index in [1.807, 2.05) is 0 Å². The number of nitrogens with one attached hydrogen (secondary N) is 2. The molecule has 21 heavy (non-hydrogen) atoms. The molecule has 0 aromatic heterocycles. The van der Waals surface area contributed by atoms with Crippen LogP contribution in [0, 0.1) is 23.1 Å². The van der Waals surface area contributed by atoms with Gasteiger partial charge in [0.15, 0.2) is 0 Å². The van der Waals surface area contributed by atoms with Crippen molar-refractivity contribution in [1.82, 2.24) is 5.32 Å². The standard InChI is InChI=1S/C14H16FN3O3/c1-9(13(19)20)3-2-6-17-14(21)18-11-4-5-12(15)10(7-11)8-16/h4-5,7,9H,2-3,6H2,1H3,(H,19,20)(H2,17,18,21). The molecule has 2 amide bonds. The average Bonchev–Trinajstić information content (AvgIpc) is 2.45. The minimum Gasteiger partial charge on any atom is -0.481 e. The highest BCUT2D eigenvalue weighted by Gasteiger charge is 2.10. The number of aliphatic carboxylic acids is 1. The summed E-state index contributed by atoms with van der Waals surface area (Å²) in [5.41, 5.74) is 0.160. The third kappa shape index (κ3) is 5.48. The van der Waals surface area contributed by atoms with Crippen molar-refractivity contribution in [3.8, 4) is 6.07 Å². The van der Waals surface area contributed by atoms with Crippen LogP contribution in [0.1, 0.15) is 25.3 Å². The molecule has 0 spiro atoms. The Hall–Kier alpha value is -2.62. The predicted molar refractivity (Wildman–Crippen MR) is 74.2 cm³/mol. The number of carboxylic acids is 1. The molecule has 1 rings (SSSR count). The number of benzene rings is 1. The zero-order valence-corrected chi connectivity index (χ0v) is 11.5. The van der Waals surface area contributed by atoms with Gasteiger partial charge in [-0.05, 0) is 31.0 Å². The van der Waals surface area contributed by atoms with Crippen molar-refractivity contribution in [3.63, 3.8) is 0 Å². The Morgan fingerprint density at radius 1 is 1.48 bits per heavy atom. The third-order valence-electron chi connectivity index (χ3n) is 2.87. The molecule has 0 bridgehead atoms. The lowest BCUT2D eigenvalue weighted by molar-refractivity contribution is -0.141. The fourth-order valence-electron chi connectivity index (χ4n) is 1.60. The molecule has 7 heteroatoms. The second-order valence-corrected chi connectivity index (χ2v) is 4.57. The molecular formula is C14H16FN3O3. The summed E-state index contributed by atoms with van der Waals surface area (Å²) in [6, 6.07) is 4.88. The molecule has 0 aliphatic carbocycles. The van der Waals surface area contributed by atoms with E-state index in [1.165, 1.54) is 12.1 Å². The molecule has 0 aliphatic heterocycles. The topological polar surface area (TPSA) is 102 Å². The van der Waals surface area contributed by atoms with E-state index in [4.69, 9.17) is 10.4 Å². The van der Waals surface area contributed by atoms with Gasteiger partial charge in [0.05, 0.1) is 11.5 Å². The van der Waals surface area contributed by atoms with Crippen molar-refractivity contribution in [2.24, 2.45) is 5.92 Å². The maximum Gasteiger partial charge on any atom is 0.319 e. The Morgan fingerprint density at radius 3 is 2.81 bits per heavy atom. The van der Waals surface area contributed by atoms with Gasteiger partial charge in [-0.3, -0.25) is 4.79 Å². The van der Waals surface area contributed by atoms with E-state index in [9.17, 15) is 14.0 Å². The molecule has 6 nitrogen and oxygen atoms in total. The van der Waals surface area contributed by atoms with E-state index in [0.717, 1.165) is 6.07 Å². The highest BCUT2D eigenvalue weighted by atomic mass is 19.1. The first-order valence-corrected chi connectivity index (χ1v) is 6.41. The highest BCUT2D eigenvalue weighted by molar-refractivity contribution is 5.89. The number of halogens is 1. The molecule has 0 heterocycles. The predicted octanol–water partition coefficient (Wildman–Crippen LogP) is 2.32. The smallest absolute Gasteiger partial charge is 0.319 e. The van der Waals surface area contributed by atoms with Crippen LogP contribution in [0.5, 0.6) is 0 Å². The van der Waals surface area contributed by atoms with E-state index in [1.54, 1.807) is 13.0 Å². The van der Waals surface area contributed by atoms with Crippen molar-refractivity contribution in [2.75, 3.05) is 11.9 Å². The molecular weight excluding hydrogens is 277 g/mol. The number of rotatable bonds is 6. The van der Waals surface area contributed by atoms with E-state index in [-0.39, 0.29) is 5.56 Å². The van der Waals surface area contributed by atoms with Crippen LogP contribution in [0.15, 0.2) is 18.2 Å². The maximum atomic E-state index is 13.1. The molecule has 1 aromatic carbocycles. The average molecular weight is 293 g/mol. The molecule has 0 saturated heterocycles. The molecule has 1 aromatic rings. The molecule has 0 saturated carbocycles. The van der Waals surface area contributed by atoms with Gasteiger partial charge >= 0.3 is 12.0 Å². The Bertz CT molecular complexity index is 569. The SMILES string of the molecule is CC(CCCNC(=O)Nc1ccc(F)c(C#N)c1)C(=O)O. The van der Waals surface area contributed by atoms with Crippen molar-refractivity contribution in [1.29, 1.82) is 5.26 Å². The second kappa shape index (κ2) is 7.85. The number of hydrogen-bond donors (Lipinski definition) is 3. The fraction of sp³-hybridized carbons (Fsp3) is 0.357. The van der Waals surface area contributed by atoms with Gasteiger partial charge in [-0.1, -0.05) is 6.92 Å². The van der Waals surface area contributed by atoms with Gasteiger partial charge in [-0.25, -0.2) is 9.18 Å². The fourth-order valence-corrected chi connectivity index (χ4v) is 1.60. The number of urea groups is 1. The second-order valence-electron chi connectivity index (χ2n) is 4.57. The molecule has 1 unspecified atom stereocenters. The van der Waals surface area contributed by atoms with E-state index >= 15 is 0 Å². The molecule has 3 N–H and O–H groups in total. The van der Waals surface area contributed by atoms with Crippen molar-refractivity contribution in [3.05, 3.63) is 29.6 Å². The number of carbonyl (C=O) groups excluding carboxylic acids is 1. The number of nitriles is 1. The van der Waals surface area contributed by atoms with Crippen LogP contribution in [-0.4, -0.2) is 23.7 Å². The summed E-state index contributed by atoms with van der Waals surface area (Å²) < 4.78 is 13.1. The van der Waals surface area contributed by atoms with Gasteiger partial charge in [0.2, 0.25) is 0 Å². The van der Waals surface area contributed by atoms with Crippen molar-refractivity contribution in [2.45, 2.75) is 19.8 Å². The van der Waals surface area contributed by atoms with Gasteiger partial charge in [0.1, 0.15) is 11.9 Å². The van der Waals surface area contributed by atoms with Gasteiger partial charge in [-0.2, -0.15) is 5.26 Å². The molecule has 0 aliphatic rings. The van der Waals surface area contributed by atoms with Gasteiger partial charge < -0.3 is 15.7 Å². The molecule has 0 radical (unpaired) electrons. The van der Waals surface area contributed by atoms with E-state index in [2.05, 4.69) is 10.6 Å². The lowest BCUT2D eigenvalue weighted by Crippen LogP contribution is -2.30. The summed E-state index contributed by atoms with van der Waals surface area (Å²) in [6.07, 6.45) is 0.999. The van der Waals surface area contributed by atoms with Crippen LogP contribution in [0.2, 0.25) is 0 Å². The van der Waals surface area contributed by atoms with Crippen LogP contribution < -0.4 is 10.6 Å². The minimum absolute atomic E-state index is 0.150. The first kappa shape index (κ1) is 16.4. The number of amides is 2. The third-order valence-corrected chi connectivity index (χ3v) is 2.87. The molecule has 112 valence electrons. The van der Waals surface area contributed by atoms with Gasteiger partial charge in [0.25, 0.3) is 0 Å². The summed E-state index contributed by atoms with van der Waals surface area (Å²) in [4.78, 5) is 22.2. The first-order valence-electron chi connectivity index (χ1n) is 6.41. The maximum absolute atomic E-state index is 13.1. The zero-order chi connectivity index (χ0) is 15.8. The zero-order valence-electron chi connectivity index (χ0n) is 11.5. The monoisotopic (exact) mass is 293 g/mol. The Kier molecular flexibility index (Phi) is 6.14. The molecule has 0 fully saturated rings. The number of nitrogens with zero attached hydrogens (tertiary/aromatic N) is 1. The first-order chi connectivity index (χ1) is 9.93. The number of carboxylic acid groups (broad SMARTS) is 1. The quantitative estimate of drug-likeness (QED) is 0.700. The van der Waals surface area contributed by atoms with Gasteiger partial charge in [-0.15, -0.1) is 0 Å². The summed E-state index contributed by atoms with van der Waals surface area (Å²) in [5, 5.41) is 22.4. The summed E-state index contributed by atoms with van der Waals surface area (Å²) in [6.45, 7) is 1.93. The van der Waals surface area contributed by atoms with Crippen molar-refractivity contribution >= 4 is 17.7 Å².